The smallest absolute Gasteiger partial charge is 0.104 e. The first-order chi connectivity index (χ1) is 8.75. The molecule has 0 aliphatic heterocycles. The molecule has 3 N–H and O–H groups in total. The maximum atomic E-state index is 9.88. The van der Waals surface area contributed by atoms with Gasteiger partial charge in [0.05, 0.1) is 33.0 Å². The summed E-state index contributed by atoms with van der Waals surface area (Å²) in [5.74, 6) is 0. The fourth-order valence-corrected chi connectivity index (χ4v) is 1.46. The van der Waals surface area contributed by atoms with Crippen LogP contribution in [-0.4, -0.2) is 45.3 Å². The number of anilines is 1. The highest BCUT2D eigenvalue weighted by Gasteiger charge is 2.10. The van der Waals surface area contributed by atoms with Gasteiger partial charge in [-0.2, -0.15) is 0 Å². The second kappa shape index (κ2) is 8.88. The Bertz CT molecular complexity index is 333. The van der Waals surface area contributed by atoms with E-state index in [2.05, 4.69) is 0 Å². The summed E-state index contributed by atoms with van der Waals surface area (Å²) in [5, 5.41) is 9.88. The van der Waals surface area contributed by atoms with Crippen LogP contribution in [0.5, 0.6) is 0 Å². The molecule has 0 saturated heterocycles. The quantitative estimate of drug-likeness (QED) is 0.508. The van der Waals surface area contributed by atoms with Crippen LogP contribution >= 0.6 is 0 Å². The van der Waals surface area contributed by atoms with Crippen LogP contribution in [0, 0.1) is 0 Å². The summed E-state index contributed by atoms with van der Waals surface area (Å²) in [4.78, 5) is 0. The van der Waals surface area contributed by atoms with Crippen LogP contribution in [-0.2, 0) is 14.2 Å². The lowest BCUT2D eigenvalue weighted by molar-refractivity contribution is -0.00573. The van der Waals surface area contributed by atoms with Crippen LogP contribution in [0.3, 0.4) is 0 Å². The summed E-state index contributed by atoms with van der Waals surface area (Å²) in [7, 11) is 1.63. The number of nitrogen functional groups attached to an aromatic ring is 1. The molecule has 18 heavy (non-hydrogen) atoms. The minimum absolute atomic E-state index is 0.210. The van der Waals surface area contributed by atoms with Gasteiger partial charge >= 0.3 is 0 Å². The van der Waals surface area contributed by atoms with Gasteiger partial charge < -0.3 is 25.1 Å². The zero-order chi connectivity index (χ0) is 13.2. The molecule has 5 nitrogen and oxygen atoms in total. The van der Waals surface area contributed by atoms with E-state index in [4.69, 9.17) is 19.9 Å². The van der Waals surface area contributed by atoms with Crippen molar-refractivity contribution in [1.82, 2.24) is 0 Å². The Balaban J connectivity index is 2.14. The summed E-state index contributed by atoms with van der Waals surface area (Å²) in [5.41, 5.74) is 7.02. The average Bonchev–Trinajstić information content (AvgIpc) is 2.38. The van der Waals surface area contributed by atoms with Gasteiger partial charge in [-0.3, -0.25) is 0 Å². The van der Waals surface area contributed by atoms with E-state index in [0.29, 0.717) is 37.7 Å². The number of aliphatic hydroxyl groups excluding tert-OH is 1. The molecule has 1 atom stereocenters. The molecule has 0 fully saturated rings. The van der Waals surface area contributed by atoms with Crippen molar-refractivity contribution in [2.45, 2.75) is 6.10 Å². The number of aliphatic hydroxyl groups is 1. The molecule has 1 rings (SSSR count). The number of ether oxygens (including phenoxy) is 3. The Morgan fingerprint density at radius 1 is 1.11 bits per heavy atom. The molecule has 5 heteroatoms. The van der Waals surface area contributed by atoms with Crippen molar-refractivity contribution in [2.24, 2.45) is 0 Å². The van der Waals surface area contributed by atoms with Gasteiger partial charge in [0.2, 0.25) is 0 Å². The fraction of sp³-hybridized carbons (Fsp3) is 0.538. The van der Waals surface area contributed by atoms with E-state index < -0.39 is 6.10 Å². The van der Waals surface area contributed by atoms with Crippen molar-refractivity contribution in [1.29, 1.82) is 0 Å². The second-order valence-corrected chi connectivity index (χ2v) is 3.82. The summed E-state index contributed by atoms with van der Waals surface area (Å²) in [6.07, 6.45) is -0.704. The van der Waals surface area contributed by atoms with Gasteiger partial charge in [0.15, 0.2) is 0 Å². The van der Waals surface area contributed by atoms with Gasteiger partial charge in [0.25, 0.3) is 0 Å². The second-order valence-electron chi connectivity index (χ2n) is 3.82. The first-order valence-corrected chi connectivity index (χ1v) is 5.92. The van der Waals surface area contributed by atoms with E-state index in [-0.39, 0.29) is 6.61 Å². The lowest BCUT2D eigenvalue weighted by Gasteiger charge is -2.13. The molecule has 1 aromatic rings. The molecule has 0 saturated carbocycles. The highest BCUT2D eigenvalue weighted by Crippen LogP contribution is 2.19. The number of benzene rings is 1. The number of hydrogen-bond donors (Lipinski definition) is 2. The molecule has 0 aliphatic rings. The topological polar surface area (TPSA) is 73.9 Å². The molecule has 0 amide bonds. The third kappa shape index (κ3) is 5.46. The molecule has 0 aromatic heterocycles. The lowest BCUT2D eigenvalue weighted by atomic mass is 10.1. The van der Waals surface area contributed by atoms with E-state index in [9.17, 15) is 5.11 Å². The van der Waals surface area contributed by atoms with Gasteiger partial charge in [-0.25, -0.2) is 0 Å². The number of nitrogens with two attached hydrogens (primary N) is 1. The average molecular weight is 255 g/mol. The van der Waals surface area contributed by atoms with Crippen LogP contribution in [0.15, 0.2) is 24.3 Å². The molecule has 0 spiro atoms. The lowest BCUT2D eigenvalue weighted by Crippen LogP contribution is -2.13. The Morgan fingerprint density at radius 3 is 2.50 bits per heavy atom. The molecule has 102 valence electrons. The highest BCUT2D eigenvalue weighted by atomic mass is 16.5. The zero-order valence-electron chi connectivity index (χ0n) is 10.7. The molecular weight excluding hydrogens is 234 g/mol. The first-order valence-electron chi connectivity index (χ1n) is 5.92. The molecule has 1 unspecified atom stereocenters. The third-order valence-electron chi connectivity index (χ3n) is 2.43. The standard InChI is InChI=1S/C13H21NO4/c1-16-6-7-17-8-9-18-10-13(15)11-4-2-3-5-12(11)14/h2-5,13,15H,6-10,14H2,1H3. The monoisotopic (exact) mass is 255 g/mol. The Morgan fingerprint density at radius 2 is 1.78 bits per heavy atom. The number of methoxy groups -OCH3 is 1. The fourth-order valence-electron chi connectivity index (χ4n) is 1.46. The SMILES string of the molecule is COCCOCCOCC(O)c1ccccc1N. The van der Waals surface area contributed by atoms with E-state index in [1.54, 1.807) is 19.2 Å². The molecule has 0 bridgehead atoms. The molecule has 0 radical (unpaired) electrons. The van der Waals surface area contributed by atoms with Crippen molar-refractivity contribution in [2.75, 3.05) is 45.9 Å². The van der Waals surface area contributed by atoms with Crippen molar-refractivity contribution in [3.63, 3.8) is 0 Å². The summed E-state index contributed by atoms with van der Waals surface area (Å²) in [6.45, 7) is 2.26. The molecule has 1 aromatic carbocycles. The minimum atomic E-state index is -0.704. The highest BCUT2D eigenvalue weighted by molar-refractivity contribution is 5.47. The van der Waals surface area contributed by atoms with E-state index in [1.807, 2.05) is 12.1 Å². The van der Waals surface area contributed by atoms with Crippen molar-refractivity contribution < 1.29 is 19.3 Å². The maximum absolute atomic E-state index is 9.88. The number of para-hydroxylation sites is 1. The minimum Gasteiger partial charge on any atom is -0.398 e. The van der Waals surface area contributed by atoms with Crippen LogP contribution < -0.4 is 5.73 Å². The van der Waals surface area contributed by atoms with Gasteiger partial charge in [0.1, 0.15) is 6.10 Å². The van der Waals surface area contributed by atoms with E-state index >= 15 is 0 Å². The van der Waals surface area contributed by atoms with Crippen molar-refractivity contribution in [3.8, 4) is 0 Å². The van der Waals surface area contributed by atoms with Crippen LogP contribution in [0.1, 0.15) is 11.7 Å². The Kier molecular flexibility index (Phi) is 7.36. The van der Waals surface area contributed by atoms with Crippen molar-refractivity contribution in [3.05, 3.63) is 29.8 Å². The van der Waals surface area contributed by atoms with Gasteiger partial charge in [-0.05, 0) is 6.07 Å². The van der Waals surface area contributed by atoms with Gasteiger partial charge in [-0.15, -0.1) is 0 Å². The first kappa shape index (κ1) is 14.9. The van der Waals surface area contributed by atoms with Crippen LogP contribution in [0.2, 0.25) is 0 Å². The van der Waals surface area contributed by atoms with E-state index in [1.165, 1.54) is 0 Å². The van der Waals surface area contributed by atoms with Gasteiger partial charge in [0, 0.05) is 18.4 Å². The van der Waals surface area contributed by atoms with E-state index in [0.717, 1.165) is 0 Å². The summed E-state index contributed by atoms with van der Waals surface area (Å²) < 4.78 is 15.4. The van der Waals surface area contributed by atoms with Gasteiger partial charge in [-0.1, -0.05) is 18.2 Å². The third-order valence-corrected chi connectivity index (χ3v) is 2.43. The Labute approximate surface area is 107 Å². The summed E-state index contributed by atoms with van der Waals surface area (Å²) >= 11 is 0. The predicted octanol–water partition coefficient (Wildman–Crippen LogP) is 0.982. The molecule has 0 heterocycles. The molecular formula is C13H21NO4. The maximum Gasteiger partial charge on any atom is 0.104 e. The van der Waals surface area contributed by atoms with Crippen LogP contribution in [0.25, 0.3) is 0 Å². The summed E-state index contributed by atoms with van der Waals surface area (Å²) in [6, 6.07) is 7.21. The number of rotatable bonds is 9. The van der Waals surface area contributed by atoms with Crippen LogP contribution in [0.4, 0.5) is 5.69 Å². The van der Waals surface area contributed by atoms with Crippen molar-refractivity contribution >= 4 is 5.69 Å². The normalized spacial score (nSPS) is 12.6. The largest absolute Gasteiger partial charge is 0.398 e. The predicted molar refractivity (Wildman–Crippen MR) is 69.3 cm³/mol. The zero-order valence-corrected chi connectivity index (χ0v) is 10.7. The Hall–Kier alpha value is -1.14. The number of hydrogen-bond acceptors (Lipinski definition) is 5. The molecule has 0 aliphatic carbocycles.